The van der Waals surface area contributed by atoms with Crippen molar-refractivity contribution in [2.45, 2.75) is 19.4 Å². The van der Waals surface area contributed by atoms with Crippen LogP contribution < -0.4 is 4.74 Å². The Labute approximate surface area is 114 Å². The molecule has 1 aliphatic rings. The first-order valence-corrected chi connectivity index (χ1v) is 6.33. The quantitative estimate of drug-likeness (QED) is 0.916. The van der Waals surface area contributed by atoms with Crippen molar-refractivity contribution in [2.24, 2.45) is 0 Å². The van der Waals surface area contributed by atoms with Crippen LogP contribution in [-0.2, 0) is 0 Å². The standard InChI is InChI=1S/C14H13FN2O3/c1-8-6-7-20-13-11(14(18)19)12(16-17(8)13)9-4-2-3-5-10(9)15/h2-5,8H,6-7H2,1H3,(H,18,19). The Morgan fingerprint density at radius 1 is 1.50 bits per heavy atom. The molecule has 1 atom stereocenters. The molecule has 6 heteroatoms. The third-order valence-corrected chi connectivity index (χ3v) is 3.40. The molecule has 1 aliphatic heterocycles. The van der Waals surface area contributed by atoms with Gasteiger partial charge in [-0.3, -0.25) is 0 Å². The SMILES string of the molecule is CC1CCOc2c(C(=O)O)c(-c3ccccc3F)nn21. The molecule has 0 fully saturated rings. The molecule has 0 saturated heterocycles. The van der Waals surface area contributed by atoms with Crippen LogP contribution in [0.15, 0.2) is 24.3 Å². The fourth-order valence-corrected chi connectivity index (χ4v) is 2.34. The number of fused-ring (bicyclic) bond motifs is 1. The highest BCUT2D eigenvalue weighted by Gasteiger charge is 2.31. The monoisotopic (exact) mass is 276 g/mol. The van der Waals surface area contributed by atoms with Crippen LogP contribution in [-0.4, -0.2) is 27.5 Å². The van der Waals surface area contributed by atoms with Crippen LogP contribution in [0.25, 0.3) is 11.3 Å². The van der Waals surface area contributed by atoms with Crippen LogP contribution in [0.3, 0.4) is 0 Å². The van der Waals surface area contributed by atoms with Crippen molar-refractivity contribution < 1.29 is 19.0 Å². The van der Waals surface area contributed by atoms with E-state index in [4.69, 9.17) is 4.74 Å². The maximum atomic E-state index is 13.9. The molecule has 104 valence electrons. The number of rotatable bonds is 2. The lowest BCUT2D eigenvalue weighted by atomic mass is 10.1. The Hall–Kier alpha value is -2.37. The van der Waals surface area contributed by atoms with Crippen LogP contribution in [0.5, 0.6) is 5.88 Å². The molecule has 0 radical (unpaired) electrons. The van der Waals surface area contributed by atoms with Gasteiger partial charge in [0.25, 0.3) is 0 Å². The zero-order valence-electron chi connectivity index (χ0n) is 10.8. The van der Waals surface area contributed by atoms with Crippen molar-refractivity contribution in [3.63, 3.8) is 0 Å². The molecule has 0 amide bonds. The number of nitrogens with zero attached hydrogens (tertiary/aromatic N) is 2. The summed E-state index contributed by atoms with van der Waals surface area (Å²) in [4.78, 5) is 11.5. The molecule has 0 saturated carbocycles. The molecule has 1 aromatic heterocycles. The van der Waals surface area contributed by atoms with Gasteiger partial charge in [-0.15, -0.1) is 0 Å². The van der Waals surface area contributed by atoms with Crippen molar-refractivity contribution in [1.29, 1.82) is 0 Å². The van der Waals surface area contributed by atoms with Gasteiger partial charge in [0.1, 0.15) is 17.1 Å². The highest BCUT2D eigenvalue weighted by molar-refractivity contribution is 5.97. The summed E-state index contributed by atoms with van der Waals surface area (Å²) in [6, 6.07) is 6.02. The van der Waals surface area contributed by atoms with E-state index in [0.29, 0.717) is 6.61 Å². The Morgan fingerprint density at radius 3 is 2.95 bits per heavy atom. The normalized spacial score (nSPS) is 17.4. The number of hydrogen-bond donors (Lipinski definition) is 1. The minimum absolute atomic E-state index is 0.0253. The molecule has 2 aromatic rings. The first-order chi connectivity index (χ1) is 9.59. The molecule has 0 bridgehead atoms. The Balaban J connectivity index is 2.26. The molecule has 1 unspecified atom stereocenters. The summed E-state index contributed by atoms with van der Waals surface area (Å²) < 4.78 is 20.8. The van der Waals surface area contributed by atoms with Crippen molar-refractivity contribution in [3.05, 3.63) is 35.6 Å². The summed E-state index contributed by atoms with van der Waals surface area (Å²) in [6.07, 6.45) is 0.741. The van der Waals surface area contributed by atoms with Crippen molar-refractivity contribution >= 4 is 5.97 Å². The molecule has 5 nitrogen and oxygen atoms in total. The van der Waals surface area contributed by atoms with E-state index in [9.17, 15) is 14.3 Å². The zero-order chi connectivity index (χ0) is 14.3. The van der Waals surface area contributed by atoms with Gasteiger partial charge in [-0.25, -0.2) is 13.9 Å². The second kappa shape index (κ2) is 4.63. The summed E-state index contributed by atoms with van der Waals surface area (Å²) in [7, 11) is 0. The maximum Gasteiger partial charge on any atom is 0.343 e. The first kappa shape index (κ1) is 12.7. The molecule has 2 heterocycles. The highest BCUT2D eigenvalue weighted by Crippen LogP contribution is 2.36. The van der Waals surface area contributed by atoms with E-state index in [-0.39, 0.29) is 28.7 Å². The number of hydrogen-bond acceptors (Lipinski definition) is 3. The fraction of sp³-hybridized carbons (Fsp3) is 0.286. The van der Waals surface area contributed by atoms with E-state index in [1.807, 2.05) is 6.92 Å². The topological polar surface area (TPSA) is 64.3 Å². The molecular weight excluding hydrogens is 263 g/mol. The fourth-order valence-electron chi connectivity index (χ4n) is 2.34. The van der Waals surface area contributed by atoms with E-state index in [2.05, 4.69) is 5.10 Å². The summed E-state index contributed by atoms with van der Waals surface area (Å²) >= 11 is 0. The van der Waals surface area contributed by atoms with Crippen molar-refractivity contribution in [3.8, 4) is 17.1 Å². The van der Waals surface area contributed by atoms with Crippen molar-refractivity contribution in [2.75, 3.05) is 6.61 Å². The number of ether oxygens (including phenoxy) is 1. The van der Waals surface area contributed by atoms with Gasteiger partial charge < -0.3 is 9.84 Å². The van der Waals surface area contributed by atoms with Crippen LogP contribution in [0.2, 0.25) is 0 Å². The van der Waals surface area contributed by atoms with Gasteiger partial charge in [-0.1, -0.05) is 12.1 Å². The Bertz CT molecular complexity index is 681. The maximum absolute atomic E-state index is 13.9. The molecule has 1 aromatic carbocycles. The Kier molecular flexibility index (Phi) is 2.93. The van der Waals surface area contributed by atoms with E-state index in [0.717, 1.165) is 6.42 Å². The van der Waals surface area contributed by atoms with E-state index < -0.39 is 11.8 Å². The predicted molar refractivity (Wildman–Crippen MR) is 69.4 cm³/mol. The number of halogens is 1. The average molecular weight is 276 g/mol. The lowest BCUT2D eigenvalue weighted by Gasteiger charge is -2.21. The summed E-state index contributed by atoms with van der Waals surface area (Å²) in [5, 5.41) is 13.6. The van der Waals surface area contributed by atoms with Gasteiger partial charge in [0, 0.05) is 12.0 Å². The number of carboxylic acids is 1. The van der Waals surface area contributed by atoms with Crippen LogP contribution in [0.1, 0.15) is 29.7 Å². The molecule has 1 N–H and O–H groups in total. The average Bonchev–Trinajstić information content (AvgIpc) is 2.80. The number of aromatic carboxylic acids is 1. The minimum Gasteiger partial charge on any atom is -0.477 e. The van der Waals surface area contributed by atoms with Crippen LogP contribution in [0.4, 0.5) is 4.39 Å². The Morgan fingerprint density at radius 2 is 2.25 bits per heavy atom. The van der Waals surface area contributed by atoms with Gasteiger partial charge in [0.2, 0.25) is 5.88 Å². The van der Waals surface area contributed by atoms with Crippen LogP contribution in [0, 0.1) is 5.82 Å². The number of carboxylic acid groups (broad SMARTS) is 1. The minimum atomic E-state index is -1.17. The van der Waals surface area contributed by atoms with E-state index >= 15 is 0 Å². The van der Waals surface area contributed by atoms with Crippen LogP contribution >= 0.6 is 0 Å². The van der Waals surface area contributed by atoms with Crippen molar-refractivity contribution in [1.82, 2.24) is 9.78 Å². The van der Waals surface area contributed by atoms with Gasteiger partial charge in [-0.2, -0.15) is 5.10 Å². The number of aromatic nitrogens is 2. The van der Waals surface area contributed by atoms with Gasteiger partial charge in [-0.05, 0) is 19.1 Å². The van der Waals surface area contributed by atoms with Gasteiger partial charge in [0.05, 0.1) is 12.6 Å². The largest absolute Gasteiger partial charge is 0.477 e. The first-order valence-electron chi connectivity index (χ1n) is 6.33. The van der Waals surface area contributed by atoms with E-state index in [1.54, 1.807) is 12.1 Å². The lowest BCUT2D eigenvalue weighted by molar-refractivity contribution is 0.0689. The predicted octanol–water partition coefficient (Wildman–Crippen LogP) is 2.73. The summed E-state index contributed by atoms with van der Waals surface area (Å²) in [6.45, 7) is 2.36. The smallest absolute Gasteiger partial charge is 0.343 e. The van der Waals surface area contributed by atoms with Gasteiger partial charge in [0.15, 0.2) is 0 Å². The summed E-state index contributed by atoms with van der Waals surface area (Å²) in [5.41, 5.74) is 0.198. The van der Waals surface area contributed by atoms with Gasteiger partial charge >= 0.3 is 5.97 Å². The molecule has 0 spiro atoms. The molecule has 0 aliphatic carbocycles. The number of carbonyl (C=O) groups is 1. The number of benzene rings is 1. The highest BCUT2D eigenvalue weighted by atomic mass is 19.1. The van der Waals surface area contributed by atoms with E-state index in [1.165, 1.54) is 16.8 Å². The second-order valence-corrected chi connectivity index (χ2v) is 4.74. The second-order valence-electron chi connectivity index (χ2n) is 4.74. The molecule has 3 rings (SSSR count). The third kappa shape index (κ3) is 1.84. The third-order valence-electron chi connectivity index (χ3n) is 3.40. The summed E-state index contributed by atoms with van der Waals surface area (Å²) in [5.74, 6) is -1.47. The zero-order valence-corrected chi connectivity index (χ0v) is 10.8. The lowest BCUT2D eigenvalue weighted by Crippen LogP contribution is -2.20. The molecular formula is C14H13FN2O3. The molecule has 20 heavy (non-hydrogen) atoms.